The summed E-state index contributed by atoms with van der Waals surface area (Å²) in [5.74, 6) is 0.0353. The molecule has 0 saturated carbocycles. The number of rotatable bonds is 11. The fourth-order valence-corrected chi connectivity index (χ4v) is 3.19. The number of aromatic hydroxyl groups is 1. The van der Waals surface area contributed by atoms with Gasteiger partial charge in [0.25, 0.3) is 0 Å². The maximum absolute atomic E-state index is 12.8. The zero-order valence-corrected chi connectivity index (χ0v) is 17.9. The summed E-state index contributed by atoms with van der Waals surface area (Å²) < 4.78 is 38.4. The number of allylic oxidation sites excluding steroid dienone is 1. The SMILES string of the molecule is CCCCCC/C=C/CC(=O)N(Cc1ccc(O)cc1)Cc1ccc(C(F)(F)F)cc1. The second-order valence-corrected chi connectivity index (χ2v) is 7.64. The fraction of sp³-hybridized carbons (Fsp3) is 0.400. The van der Waals surface area contributed by atoms with E-state index in [9.17, 15) is 23.1 Å². The van der Waals surface area contributed by atoms with Crippen molar-refractivity contribution in [3.05, 3.63) is 77.4 Å². The summed E-state index contributed by atoms with van der Waals surface area (Å²) in [6, 6.07) is 11.4. The minimum absolute atomic E-state index is 0.0993. The van der Waals surface area contributed by atoms with E-state index in [2.05, 4.69) is 6.92 Å². The Hall–Kier alpha value is -2.76. The van der Waals surface area contributed by atoms with Gasteiger partial charge in [0, 0.05) is 19.5 Å². The molecule has 1 amide bonds. The summed E-state index contributed by atoms with van der Waals surface area (Å²) in [6.07, 6.45) is 5.34. The van der Waals surface area contributed by atoms with Gasteiger partial charge in [-0.05, 0) is 48.2 Å². The van der Waals surface area contributed by atoms with Gasteiger partial charge in [-0.2, -0.15) is 13.2 Å². The zero-order chi connectivity index (χ0) is 22.7. The minimum atomic E-state index is -4.39. The summed E-state index contributed by atoms with van der Waals surface area (Å²) in [5.41, 5.74) is 0.754. The number of carbonyl (C=O) groups excluding carboxylic acids is 1. The fourth-order valence-electron chi connectivity index (χ4n) is 3.19. The number of alkyl halides is 3. The monoisotopic (exact) mass is 433 g/mol. The van der Waals surface area contributed by atoms with E-state index in [1.54, 1.807) is 29.2 Å². The van der Waals surface area contributed by atoms with Crippen LogP contribution in [0.15, 0.2) is 60.7 Å². The number of phenolic OH excluding ortho intramolecular Hbond substituents is 1. The number of carbonyl (C=O) groups is 1. The van der Waals surface area contributed by atoms with Crippen molar-refractivity contribution >= 4 is 5.91 Å². The quantitative estimate of drug-likeness (QED) is 0.311. The highest BCUT2D eigenvalue weighted by molar-refractivity contribution is 5.77. The number of amides is 1. The van der Waals surface area contributed by atoms with Crippen LogP contribution in [-0.4, -0.2) is 15.9 Å². The first-order valence-corrected chi connectivity index (χ1v) is 10.7. The van der Waals surface area contributed by atoms with Crippen LogP contribution >= 0.6 is 0 Å². The van der Waals surface area contributed by atoms with E-state index < -0.39 is 11.7 Å². The maximum atomic E-state index is 12.8. The number of hydrogen-bond acceptors (Lipinski definition) is 2. The second-order valence-electron chi connectivity index (χ2n) is 7.64. The van der Waals surface area contributed by atoms with Gasteiger partial charge in [0.05, 0.1) is 5.56 Å². The molecule has 0 radical (unpaired) electrons. The van der Waals surface area contributed by atoms with Crippen molar-refractivity contribution in [2.24, 2.45) is 0 Å². The zero-order valence-electron chi connectivity index (χ0n) is 17.9. The Labute approximate surface area is 182 Å². The van der Waals surface area contributed by atoms with E-state index in [-0.39, 0.29) is 24.6 Å². The Morgan fingerprint density at radius 2 is 1.48 bits per heavy atom. The van der Waals surface area contributed by atoms with Crippen LogP contribution < -0.4 is 0 Å². The molecule has 0 aromatic heterocycles. The Bertz CT molecular complexity index is 827. The van der Waals surface area contributed by atoms with Gasteiger partial charge >= 0.3 is 6.18 Å². The molecular formula is C25H30F3NO2. The molecule has 0 heterocycles. The van der Waals surface area contributed by atoms with Crippen molar-refractivity contribution < 1.29 is 23.1 Å². The molecule has 0 aliphatic rings. The van der Waals surface area contributed by atoms with E-state index in [4.69, 9.17) is 0 Å². The van der Waals surface area contributed by atoms with Crippen LogP contribution in [0.3, 0.4) is 0 Å². The molecule has 2 aromatic carbocycles. The van der Waals surface area contributed by atoms with Crippen molar-refractivity contribution in [2.75, 3.05) is 0 Å². The number of phenols is 1. The summed E-state index contributed by atoms with van der Waals surface area (Å²) in [6.45, 7) is 2.68. The molecule has 0 saturated heterocycles. The predicted molar refractivity (Wildman–Crippen MR) is 116 cm³/mol. The predicted octanol–water partition coefficient (Wildman–Crippen LogP) is 6.86. The van der Waals surface area contributed by atoms with Gasteiger partial charge in [0.2, 0.25) is 5.91 Å². The Balaban J connectivity index is 2.04. The summed E-state index contributed by atoms with van der Waals surface area (Å²) >= 11 is 0. The van der Waals surface area contributed by atoms with E-state index in [1.165, 1.54) is 31.4 Å². The third kappa shape index (κ3) is 8.87. The summed E-state index contributed by atoms with van der Waals surface area (Å²) in [7, 11) is 0. The molecule has 0 bridgehead atoms. The maximum Gasteiger partial charge on any atom is 0.416 e. The third-order valence-corrected chi connectivity index (χ3v) is 5.00. The van der Waals surface area contributed by atoms with Gasteiger partial charge in [0.1, 0.15) is 5.75 Å². The third-order valence-electron chi connectivity index (χ3n) is 5.00. The van der Waals surface area contributed by atoms with Gasteiger partial charge in [-0.25, -0.2) is 0 Å². The molecule has 2 rings (SSSR count). The Morgan fingerprint density at radius 1 is 0.903 bits per heavy atom. The molecule has 0 unspecified atom stereocenters. The normalized spacial score (nSPS) is 11.7. The summed E-state index contributed by atoms with van der Waals surface area (Å²) in [5, 5.41) is 9.47. The van der Waals surface area contributed by atoms with Gasteiger partial charge in [-0.15, -0.1) is 0 Å². The van der Waals surface area contributed by atoms with Crippen molar-refractivity contribution in [3.8, 4) is 5.75 Å². The molecule has 168 valence electrons. The highest BCUT2D eigenvalue weighted by Gasteiger charge is 2.30. The van der Waals surface area contributed by atoms with Gasteiger partial charge in [-0.1, -0.05) is 62.6 Å². The van der Waals surface area contributed by atoms with E-state index >= 15 is 0 Å². The molecule has 0 aliphatic heterocycles. The molecule has 0 aliphatic carbocycles. The molecule has 2 aromatic rings. The molecule has 3 nitrogen and oxygen atoms in total. The van der Waals surface area contributed by atoms with Crippen molar-refractivity contribution in [1.82, 2.24) is 4.90 Å². The van der Waals surface area contributed by atoms with Crippen LogP contribution in [0.5, 0.6) is 5.75 Å². The lowest BCUT2D eigenvalue weighted by atomic mass is 10.1. The standard InChI is InChI=1S/C25H30F3NO2/c1-2-3-4-5-6-7-8-9-24(31)29(19-21-12-16-23(30)17-13-21)18-20-10-14-22(15-11-20)25(26,27)28/h7-8,10-17,30H,2-6,9,18-19H2,1H3/b8-7+. The average Bonchev–Trinajstić information content (AvgIpc) is 2.74. The molecule has 1 N–H and O–H groups in total. The molecule has 0 fully saturated rings. The highest BCUT2D eigenvalue weighted by Crippen LogP contribution is 2.29. The second kappa shape index (κ2) is 12.2. The molecular weight excluding hydrogens is 403 g/mol. The first kappa shape index (κ1) is 24.5. The van der Waals surface area contributed by atoms with Crippen LogP contribution in [0.4, 0.5) is 13.2 Å². The number of benzene rings is 2. The number of hydrogen-bond donors (Lipinski definition) is 1. The van der Waals surface area contributed by atoms with Crippen LogP contribution in [0.2, 0.25) is 0 Å². The number of unbranched alkanes of at least 4 members (excludes halogenated alkanes) is 4. The molecule has 6 heteroatoms. The number of halogens is 3. The van der Waals surface area contributed by atoms with Gasteiger partial charge in [-0.3, -0.25) is 4.79 Å². The van der Waals surface area contributed by atoms with Gasteiger partial charge in [0.15, 0.2) is 0 Å². The largest absolute Gasteiger partial charge is 0.508 e. The van der Waals surface area contributed by atoms with Crippen LogP contribution in [0, 0.1) is 0 Å². The average molecular weight is 434 g/mol. The van der Waals surface area contributed by atoms with E-state index in [0.29, 0.717) is 12.1 Å². The first-order chi connectivity index (χ1) is 14.8. The Morgan fingerprint density at radius 3 is 2.03 bits per heavy atom. The lowest BCUT2D eigenvalue weighted by molar-refractivity contribution is -0.137. The summed E-state index contributed by atoms with van der Waals surface area (Å²) in [4.78, 5) is 14.4. The first-order valence-electron chi connectivity index (χ1n) is 10.7. The lowest BCUT2D eigenvalue weighted by Crippen LogP contribution is -2.29. The minimum Gasteiger partial charge on any atom is -0.508 e. The highest BCUT2D eigenvalue weighted by atomic mass is 19.4. The molecule has 0 spiro atoms. The Kier molecular flexibility index (Phi) is 9.63. The molecule has 0 atom stereocenters. The van der Waals surface area contributed by atoms with Crippen molar-refractivity contribution in [2.45, 2.75) is 64.7 Å². The van der Waals surface area contributed by atoms with Gasteiger partial charge < -0.3 is 10.0 Å². The lowest BCUT2D eigenvalue weighted by Gasteiger charge is -2.23. The number of nitrogens with zero attached hydrogens (tertiary/aromatic N) is 1. The van der Waals surface area contributed by atoms with Crippen LogP contribution in [0.1, 0.15) is 62.1 Å². The van der Waals surface area contributed by atoms with Crippen LogP contribution in [0.25, 0.3) is 0 Å². The molecule has 31 heavy (non-hydrogen) atoms. The van der Waals surface area contributed by atoms with E-state index in [0.717, 1.165) is 30.5 Å². The van der Waals surface area contributed by atoms with Crippen molar-refractivity contribution in [3.63, 3.8) is 0 Å². The smallest absolute Gasteiger partial charge is 0.416 e. The van der Waals surface area contributed by atoms with E-state index in [1.807, 2.05) is 12.2 Å². The topological polar surface area (TPSA) is 40.5 Å². The van der Waals surface area contributed by atoms with Crippen molar-refractivity contribution in [1.29, 1.82) is 0 Å². The van der Waals surface area contributed by atoms with Crippen LogP contribution in [-0.2, 0) is 24.1 Å².